The molecule has 0 bridgehead atoms. The Morgan fingerprint density at radius 2 is 2.00 bits per heavy atom. The highest BCUT2D eigenvalue weighted by Gasteiger charge is 2.33. The van der Waals surface area contributed by atoms with Crippen LogP contribution < -0.4 is 5.32 Å². The van der Waals surface area contributed by atoms with Crippen molar-refractivity contribution in [2.75, 3.05) is 19.8 Å². The van der Waals surface area contributed by atoms with Gasteiger partial charge in [0.25, 0.3) is 0 Å². The first kappa shape index (κ1) is 17.4. The smallest absolute Gasteiger partial charge is 0.326 e. The first-order valence-electron chi connectivity index (χ1n) is 7.04. The molecule has 1 N–H and O–H groups in total. The second-order valence-electron chi connectivity index (χ2n) is 4.82. The van der Waals surface area contributed by atoms with Gasteiger partial charge in [-0.15, -0.1) is 0 Å². The van der Waals surface area contributed by atoms with E-state index in [4.69, 9.17) is 9.47 Å². The number of rotatable bonds is 10. The molecule has 0 amide bonds. The summed E-state index contributed by atoms with van der Waals surface area (Å²) in [6.07, 6.45) is 2.85. The molecule has 0 aromatic rings. The number of esters is 1. The summed E-state index contributed by atoms with van der Waals surface area (Å²) >= 11 is 0. The van der Waals surface area contributed by atoms with Crippen LogP contribution in [0.3, 0.4) is 0 Å². The number of carbonyl (C=O) groups is 1. The maximum absolute atomic E-state index is 12.0. The van der Waals surface area contributed by atoms with Crippen LogP contribution in [0.25, 0.3) is 0 Å². The molecular formula is C14H29NO3. The summed E-state index contributed by atoms with van der Waals surface area (Å²) < 4.78 is 10.8. The largest absolute Gasteiger partial charge is 0.465 e. The second kappa shape index (κ2) is 9.34. The SMILES string of the molecule is CCCNC(C)(CCOC(C)CC)C(=O)OCC. The van der Waals surface area contributed by atoms with E-state index in [0.29, 0.717) is 19.6 Å². The summed E-state index contributed by atoms with van der Waals surface area (Å²) in [7, 11) is 0. The maximum atomic E-state index is 12.0. The molecule has 4 heteroatoms. The molecule has 0 saturated carbocycles. The van der Waals surface area contributed by atoms with Crippen LogP contribution in [0.4, 0.5) is 0 Å². The summed E-state index contributed by atoms with van der Waals surface area (Å²) in [4.78, 5) is 12.0. The number of ether oxygens (including phenoxy) is 2. The van der Waals surface area contributed by atoms with Gasteiger partial charge in [0.2, 0.25) is 0 Å². The molecule has 108 valence electrons. The Kier molecular flexibility index (Phi) is 9.02. The van der Waals surface area contributed by atoms with Gasteiger partial charge in [0, 0.05) is 6.61 Å². The molecule has 0 aliphatic rings. The highest BCUT2D eigenvalue weighted by molar-refractivity contribution is 5.80. The third-order valence-electron chi connectivity index (χ3n) is 3.07. The van der Waals surface area contributed by atoms with Gasteiger partial charge in [0.05, 0.1) is 12.7 Å². The fourth-order valence-electron chi connectivity index (χ4n) is 1.54. The Labute approximate surface area is 111 Å². The molecular weight excluding hydrogens is 230 g/mol. The van der Waals surface area contributed by atoms with Crippen LogP contribution in [0.15, 0.2) is 0 Å². The normalized spacial score (nSPS) is 16.1. The van der Waals surface area contributed by atoms with Gasteiger partial charge in [-0.1, -0.05) is 13.8 Å². The lowest BCUT2D eigenvalue weighted by atomic mass is 9.98. The van der Waals surface area contributed by atoms with Gasteiger partial charge in [-0.2, -0.15) is 0 Å². The fraction of sp³-hybridized carbons (Fsp3) is 0.929. The molecule has 0 rings (SSSR count). The molecule has 0 radical (unpaired) electrons. The second-order valence-corrected chi connectivity index (χ2v) is 4.82. The Morgan fingerprint density at radius 1 is 1.33 bits per heavy atom. The molecule has 2 unspecified atom stereocenters. The summed E-state index contributed by atoms with van der Waals surface area (Å²) in [5, 5.41) is 3.27. The van der Waals surface area contributed by atoms with Crippen molar-refractivity contribution < 1.29 is 14.3 Å². The minimum atomic E-state index is -0.639. The van der Waals surface area contributed by atoms with Gasteiger partial charge in [-0.05, 0) is 46.6 Å². The van der Waals surface area contributed by atoms with E-state index in [-0.39, 0.29) is 12.1 Å². The summed E-state index contributed by atoms with van der Waals surface area (Å²) in [5.41, 5.74) is -0.639. The van der Waals surface area contributed by atoms with E-state index in [1.165, 1.54) is 0 Å². The van der Waals surface area contributed by atoms with Crippen LogP contribution in [-0.4, -0.2) is 37.4 Å². The molecule has 0 spiro atoms. The standard InChI is InChI=1S/C14H29NO3/c1-6-10-15-14(5,13(16)17-8-3)9-11-18-12(4)7-2/h12,15H,6-11H2,1-5H3. The lowest BCUT2D eigenvalue weighted by Crippen LogP contribution is -2.51. The lowest BCUT2D eigenvalue weighted by Gasteiger charge is -2.29. The predicted molar refractivity (Wildman–Crippen MR) is 73.7 cm³/mol. The Balaban J connectivity index is 4.32. The number of hydrogen-bond acceptors (Lipinski definition) is 4. The van der Waals surface area contributed by atoms with Gasteiger partial charge in [0.15, 0.2) is 0 Å². The first-order valence-corrected chi connectivity index (χ1v) is 7.04. The average Bonchev–Trinajstić information content (AvgIpc) is 2.36. The zero-order chi connectivity index (χ0) is 14.0. The van der Waals surface area contributed by atoms with Gasteiger partial charge >= 0.3 is 5.97 Å². The average molecular weight is 259 g/mol. The molecule has 2 atom stereocenters. The van der Waals surface area contributed by atoms with E-state index in [1.807, 2.05) is 20.8 Å². The highest BCUT2D eigenvalue weighted by atomic mass is 16.5. The molecule has 18 heavy (non-hydrogen) atoms. The molecule has 4 nitrogen and oxygen atoms in total. The summed E-state index contributed by atoms with van der Waals surface area (Å²) in [5.74, 6) is -0.189. The predicted octanol–water partition coefficient (Wildman–Crippen LogP) is 2.51. The van der Waals surface area contributed by atoms with Crippen LogP contribution in [0.2, 0.25) is 0 Å². The minimum absolute atomic E-state index is 0.189. The highest BCUT2D eigenvalue weighted by Crippen LogP contribution is 2.13. The topological polar surface area (TPSA) is 47.6 Å². The fourth-order valence-corrected chi connectivity index (χ4v) is 1.54. The quantitative estimate of drug-likeness (QED) is 0.612. The molecule has 0 saturated heterocycles. The van der Waals surface area contributed by atoms with Crippen molar-refractivity contribution >= 4 is 5.97 Å². The summed E-state index contributed by atoms with van der Waals surface area (Å²) in [6.45, 7) is 11.7. The van der Waals surface area contributed by atoms with Crippen molar-refractivity contribution in [3.05, 3.63) is 0 Å². The minimum Gasteiger partial charge on any atom is -0.465 e. The molecule has 0 aliphatic carbocycles. The molecule has 0 heterocycles. The van der Waals surface area contributed by atoms with Crippen LogP contribution in [0, 0.1) is 0 Å². The lowest BCUT2D eigenvalue weighted by molar-refractivity contribution is -0.151. The van der Waals surface area contributed by atoms with Gasteiger partial charge in [-0.25, -0.2) is 0 Å². The van der Waals surface area contributed by atoms with Gasteiger partial charge in [0.1, 0.15) is 5.54 Å². The van der Waals surface area contributed by atoms with Crippen molar-refractivity contribution in [3.63, 3.8) is 0 Å². The van der Waals surface area contributed by atoms with Crippen molar-refractivity contribution in [1.82, 2.24) is 5.32 Å². The zero-order valence-electron chi connectivity index (χ0n) is 12.5. The molecule has 0 fully saturated rings. The van der Waals surface area contributed by atoms with Crippen LogP contribution >= 0.6 is 0 Å². The van der Waals surface area contributed by atoms with Crippen molar-refractivity contribution in [3.8, 4) is 0 Å². The van der Waals surface area contributed by atoms with Crippen molar-refractivity contribution in [1.29, 1.82) is 0 Å². The third-order valence-corrected chi connectivity index (χ3v) is 3.07. The van der Waals surface area contributed by atoms with E-state index in [2.05, 4.69) is 19.2 Å². The van der Waals surface area contributed by atoms with Gasteiger partial charge in [-0.3, -0.25) is 4.79 Å². The summed E-state index contributed by atoms with van der Waals surface area (Å²) in [6, 6.07) is 0. The monoisotopic (exact) mass is 259 g/mol. The third kappa shape index (κ3) is 6.36. The Morgan fingerprint density at radius 3 is 2.50 bits per heavy atom. The van der Waals surface area contributed by atoms with E-state index in [0.717, 1.165) is 19.4 Å². The van der Waals surface area contributed by atoms with Crippen LogP contribution in [0.5, 0.6) is 0 Å². The zero-order valence-corrected chi connectivity index (χ0v) is 12.5. The van der Waals surface area contributed by atoms with Crippen LogP contribution in [-0.2, 0) is 14.3 Å². The Hall–Kier alpha value is -0.610. The maximum Gasteiger partial charge on any atom is 0.326 e. The number of carbonyl (C=O) groups excluding carboxylic acids is 1. The van der Waals surface area contributed by atoms with Crippen molar-refractivity contribution in [2.24, 2.45) is 0 Å². The van der Waals surface area contributed by atoms with Crippen molar-refractivity contribution in [2.45, 2.75) is 65.5 Å². The van der Waals surface area contributed by atoms with Gasteiger partial charge < -0.3 is 14.8 Å². The molecule has 0 aliphatic heterocycles. The molecule has 0 aromatic carbocycles. The number of hydrogen-bond donors (Lipinski definition) is 1. The number of nitrogens with one attached hydrogen (secondary N) is 1. The van der Waals surface area contributed by atoms with E-state index < -0.39 is 5.54 Å². The van der Waals surface area contributed by atoms with E-state index >= 15 is 0 Å². The van der Waals surface area contributed by atoms with Crippen LogP contribution in [0.1, 0.15) is 53.9 Å². The molecule has 0 aromatic heterocycles. The van der Waals surface area contributed by atoms with E-state index in [1.54, 1.807) is 0 Å². The Bertz CT molecular complexity index is 233. The first-order chi connectivity index (χ1) is 8.50. The van der Waals surface area contributed by atoms with E-state index in [9.17, 15) is 4.79 Å².